The maximum atomic E-state index is 12.7. The summed E-state index contributed by atoms with van der Waals surface area (Å²) in [7, 11) is 1.63. The predicted molar refractivity (Wildman–Crippen MR) is 107 cm³/mol. The van der Waals surface area contributed by atoms with Crippen molar-refractivity contribution in [2.75, 3.05) is 30.9 Å². The van der Waals surface area contributed by atoms with Crippen molar-refractivity contribution in [2.45, 2.75) is 32.7 Å². The van der Waals surface area contributed by atoms with Crippen LogP contribution >= 0.6 is 11.3 Å². The molecule has 144 valence electrons. The lowest BCUT2D eigenvalue weighted by Gasteiger charge is -2.10. The van der Waals surface area contributed by atoms with E-state index in [4.69, 9.17) is 4.74 Å². The Morgan fingerprint density at radius 2 is 2.04 bits per heavy atom. The second-order valence-electron chi connectivity index (χ2n) is 6.58. The van der Waals surface area contributed by atoms with E-state index in [1.54, 1.807) is 26.2 Å². The minimum Gasteiger partial charge on any atom is -0.383 e. The molecule has 1 aliphatic carbocycles. The zero-order valence-electron chi connectivity index (χ0n) is 15.7. The van der Waals surface area contributed by atoms with Gasteiger partial charge in [0.2, 0.25) is 0 Å². The Balaban J connectivity index is 1.70. The summed E-state index contributed by atoms with van der Waals surface area (Å²) in [6.45, 7) is 4.89. The van der Waals surface area contributed by atoms with Crippen molar-refractivity contribution in [3.8, 4) is 0 Å². The largest absolute Gasteiger partial charge is 0.383 e. The van der Waals surface area contributed by atoms with Crippen LogP contribution in [0.5, 0.6) is 0 Å². The number of nitrogens with one attached hydrogen (secondary N) is 3. The van der Waals surface area contributed by atoms with Gasteiger partial charge in [-0.25, -0.2) is 4.98 Å². The van der Waals surface area contributed by atoms with E-state index in [0.717, 1.165) is 18.4 Å². The van der Waals surface area contributed by atoms with Crippen LogP contribution in [-0.4, -0.2) is 43.1 Å². The van der Waals surface area contributed by atoms with Gasteiger partial charge in [-0.2, -0.15) is 0 Å². The molecule has 7 nitrogen and oxygen atoms in total. The molecular formula is C19H24N4O3S. The van der Waals surface area contributed by atoms with Crippen molar-refractivity contribution < 1.29 is 14.3 Å². The third-order valence-electron chi connectivity index (χ3n) is 4.25. The smallest absolute Gasteiger partial charge is 0.267 e. The van der Waals surface area contributed by atoms with E-state index in [2.05, 4.69) is 20.9 Å². The van der Waals surface area contributed by atoms with Crippen molar-refractivity contribution in [3.05, 3.63) is 39.9 Å². The Morgan fingerprint density at radius 3 is 2.74 bits per heavy atom. The number of amides is 2. The van der Waals surface area contributed by atoms with Gasteiger partial charge >= 0.3 is 0 Å². The molecule has 2 aromatic rings. The number of aryl methyl sites for hydroxylation is 2. The van der Waals surface area contributed by atoms with Crippen molar-refractivity contribution >= 4 is 34.0 Å². The van der Waals surface area contributed by atoms with Gasteiger partial charge in [0.15, 0.2) is 5.13 Å². The third kappa shape index (κ3) is 5.05. The topological polar surface area (TPSA) is 92.3 Å². The molecule has 1 heterocycles. The van der Waals surface area contributed by atoms with Crippen LogP contribution in [0.2, 0.25) is 0 Å². The van der Waals surface area contributed by atoms with Gasteiger partial charge in [0.25, 0.3) is 11.8 Å². The van der Waals surface area contributed by atoms with Gasteiger partial charge in [0.05, 0.1) is 12.3 Å². The van der Waals surface area contributed by atoms with Crippen LogP contribution < -0.4 is 16.0 Å². The number of anilines is 2. The molecule has 0 radical (unpaired) electrons. The number of hydrogen-bond donors (Lipinski definition) is 3. The summed E-state index contributed by atoms with van der Waals surface area (Å²) in [6.07, 6.45) is 2.07. The summed E-state index contributed by atoms with van der Waals surface area (Å²) in [6, 6.07) is 5.63. The van der Waals surface area contributed by atoms with Gasteiger partial charge in [-0.3, -0.25) is 9.59 Å². The molecule has 2 amide bonds. The summed E-state index contributed by atoms with van der Waals surface area (Å²) >= 11 is 1.30. The van der Waals surface area contributed by atoms with Crippen molar-refractivity contribution in [1.82, 2.24) is 10.3 Å². The highest BCUT2D eigenvalue weighted by molar-refractivity contribution is 7.17. The lowest BCUT2D eigenvalue weighted by atomic mass is 10.1. The number of nitrogens with zero attached hydrogens (tertiary/aromatic N) is 1. The summed E-state index contributed by atoms with van der Waals surface area (Å²) in [5.41, 5.74) is 2.74. The van der Waals surface area contributed by atoms with E-state index >= 15 is 0 Å². The zero-order chi connectivity index (χ0) is 19.4. The number of thiazole rings is 1. The molecule has 0 bridgehead atoms. The van der Waals surface area contributed by atoms with Crippen LogP contribution in [0.4, 0.5) is 10.8 Å². The Morgan fingerprint density at radius 1 is 1.26 bits per heavy atom. The van der Waals surface area contributed by atoms with Gasteiger partial charge in [-0.05, 0) is 44.4 Å². The average Bonchev–Trinajstić information content (AvgIpc) is 3.37. The quantitative estimate of drug-likeness (QED) is 0.605. The highest BCUT2D eigenvalue weighted by Gasteiger charge is 2.24. The monoisotopic (exact) mass is 388 g/mol. The first-order valence-corrected chi connectivity index (χ1v) is 9.72. The number of methoxy groups -OCH3 is 1. The fourth-order valence-electron chi connectivity index (χ4n) is 2.52. The maximum absolute atomic E-state index is 12.7. The molecule has 8 heteroatoms. The third-order valence-corrected chi connectivity index (χ3v) is 5.36. The summed E-state index contributed by atoms with van der Waals surface area (Å²) in [4.78, 5) is 29.9. The fraction of sp³-hybridized carbons (Fsp3) is 0.421. The number of rotatable bonds is 8. The van der Waals surface area contributed by atoms with E-state index in [-0.39, 0.29) is 11.8 Å². The van der Waals surface area contributed by atoms with Crippen LogP contribution in [-0.2, 0) is 4.74 Å². The Bertz CT molecular complexity index is 845. The van der Waals surface area contributed by atoms with E-state index in [1.165, 1.54) is 11.3 Å². The van der Waals surface area contributed by atoms with Crippen LogP contribution in [0.25, 0.3) is 0 Å². The molecule has 1 aliphatic rings. The molecule has 1 aromatic heterocycles. The van der Waals surface area contributed by atoms with Crippen LogP contribution in [0, 0.1) is 13.8 Å². The molecule has 0 saturated heterocycles. The molecule has 0 atom stereocenters. The lowest BCUT2D eigenvalue weighted by molar-refractivity contribution is 0.0949. The average molecular weight is 388 g/mol. The summed E-state index contributed by atoms with van der Waals surface area (Å²) < 4.78 is 5.00. The Labute approximate surface area is 162 Å². The second kappa shape index (κ2) is 8.49. The molecule has 0 aliphatic heterocycles. The minimum absolute atomic E-state index is 0.105. The predicted octanol–water partition coefficient (Wildman–Crippen LogP) is 2.96. The fourth-order valence-corrected chi connectivity index (χ4v) is 3.40. The van der Waals surface area contributed by atoms with Crippen molar-refractivity contribution in [1.29, 1.82) is 0 Å². The number of carbonyl (C=O) groups excluding carboxylic acids is 2. The molecule has 3 rings (SSSR count). The number of carbonyl (C=O) groups is 2. The standard InChI is InChI=1S/C19H24N4O3S/c1-11-4-5-13(17(24)22-14-6-7-14)10-15(11)23-18(25)16-12(2)21-19(27-16)20-8-9-26-3/h4-5,10,14H,6-9H2,1-3H3,(H,20,21)(H,22,24)(H,23,25). The van der Waals surface area contributed by atoms with Crippen molar-refractivity contribution in [3.63, 3.8) is 0 Å². The van der Waals surface area contributed by atoms with Gasteiger partial charge in [-0.15, -0.1) is 0 Å². The molecule has 1 fully saturated rings. The first kappa shape index (κ1) is 19.3. The highest BCUT2D eigenvalue weighted by Crippen LogP contribution is 2.25. The summed E-state index contributed by atoms with van der Waals surface area (Å²) in [5.74, 6) is -0.334. The molecule has 1 aromatic carbocycles. The van der Waals surface area contributed by atoms with Gasteiger partial charge in [0.1, 0.15) is 4.88 Å². The van der Waals surface area contributed by atoms with Gasteiger partial charge < -0.3 is 20.7 Å². The van der Waals surface area contributed by atoms with Gasteiger partial charge in [0, 0.05) is 30.9 Å². The van der Waals surface area contributed by atoms with Gasteiger partial charge in [-0.1, -0.05) is 17.4 Å². The van der Waals surface area contributed by atoms with Crippen LogP contribution in [0.3, 0.4) is 0 Å². The van der Waals surface area contributed by atoms with Crippen LogP contribution in [0.15, 0.2) is 18.2 Å². The second-order valence-corrected chi connectivity index (χ2v) is 7.58. The first-order valence-electron chi connectivity index (χ1n) is 8.91. The van der Waals surface area contributed by atoms with Crippen molar-refractivity contribution in [2.24, 2.45) is 0 Å². The Kier molecular flexibility index (Phi) is 6.08. The lowest BCUT2D eigenvalue weighted by Crippen LogP contribution is -2.25. The van der Waals surface area contributed by atoms with E-state index in [1.807, 2.05) is 13.0 Å². The van der Waals surface area contributed by atoms with E-state index in [0.29, 0.717) is 46.1 Å². The first-order chi connectivity index (χ1) is 13.0. The number of ether oxygens (including phenoxy) is 1. The highest BCUT2D eigenvalue weighted by atomic mass is 32.1. The molecule has 1 saturated carbocycles. The summed E-state index contributed by atoms with van der Waals surface area (Å²) in [5, 5.41) is 9.69. The number of benzene rings is 1. The SMILES string of the molecule is COCCNc1nc(C)c(C(=O)Nc2cc(C(=O)NC3CC3)ccc2C)s1. The molecule has 3 N–H and O–H groups in total. The van der Waals surface area contributed by atoms with E-state index in [9.17, 15) is 9.59 Å². The molecule has 27 heavy (non-hydrogen) atoms. The number of hydrogen-bond acceptors (Lipinski definition) is 6. The van der Waals surface area contributed by atoms with E-state index < -0.39 is 0 Å². The molecule has 0 unspecified atom stereocenters. The maximum Gasteiger partial charge on any atom is 0.267 e. The molecular weight excluding hydrogens is 364 g/mol. The molecule has 0 spiro atoms. The minimum atomic E-state index is -0.229. The van der Waals surface area contributed by atoms with Crippen LogP contribution in [0.1, 0.15) is 44.1 Å². The zero-order valence-corrected chi connectivity index (χ0v) is 16.5. The number of aromatic nitrogens is 1. The Hall–Kier alpha value is -2.45. The normalized spacial score (nSPS) is 13.3.